The van der Waals surface area contributed by atoms with Crippen molar-refractivity contribution in [3.05, 3.63) is 17.5 Å². The molecule has 3 nitrogen and oxygen atoms in total. The van der Waals surface area contributed by atoms with E-state index in [2.05, 4.69) is 15.3 Å². The maximum absolute atomic E-state index is 12.8. The second kappa shape index (κ2) is 4.50. The number of rotatable bonds is 4. The average molecular weight is 222 g/mol. The Kier molecular flexibility index (Phi) is 3.57. The van der Waals surface area contributed by atoms with E-state index in [1.807, 2.05) is 0 Å². The Bertz CT molecular complexity index is 306. The highest BCUT2D eigenvalue weighted by atomic mass is 35.5. The van der Waals surface area contributed by atoms with Crippen molar-refractivity contribution < 1.29 is 8.78 Å². The number of alkyl halides is 2. The van der Waals surface area contributed by atoms with Gasteiger partial charge in [-0.3, -0.25) is 0 Å². The van der Waals surface area contributed by atoms with Crippen LogP contribution in [0.4, 0.5) is 14.6 Å². The summed E-state index contributed by atoms with van der Waals surface area (Å²) in [6.45, 7) is 0.948. The number of hydrogen-bond donors (Lipinski definition) is 1. The van der Waals surface area contributed by atoms with Gasteiger partial charge in [0.15, 0.2) is 0 Å². The normalized spacial score (nSPS) is 11.4. The Morgan fingerprint density at radius 1 is 1.57 bits per heavy atom. The summed E-state index contributed by atoms with van der Waals surface area (Å²) in [6.07, 6.45) is 2.38. The van der Waals surface area contributed by atoms with Crippen molar-refractivity contribution in [2.45, 2.75) is 19.3 Å². The molecule has 6 heteroatoms. The Hall–Kier alpha value is -0.970. The summed E-state index contributed by atoms with van der Waals surface area (Å²) < 4.78 is 25.6. The molecule has 1 aromatic heterocycles. The molecule has 1 heterocycles. The molecule has 1 rings (SSSR count). The lowest BCUT2D eigenvalue weighted by Gasteiger charge is -2.15. The van der Waals surface area contributed by atoms with Crippen molar-refractivity contribution in [2.75, 3.05) is 11.9 Å². The first kappa shape index (κ1) is 11.1. The van der Waals surface area contributed by atoms with Crippen LogP contribution in [-0.4, -0.2) is 22.4 Å². The van der Waals surface area contributed by atoms with Crippen LogP contribution >= 0.6 is 11.6 Å². The van der Waals surface area contributed by atoms with E-state index >= 15 is 0 Å². The SMILES string of the molecule is CCC(F)(F)CNc1ncncc1Cl. The summed E-state index contributed by atoms with van der Waals surface area (Å²) in [5, 5.41) is 2.71. The van der Waals surface area contributed by atoms with Gasteiger partial charge in [-0.2, -0.15) is 0 Å². The monoisotopic (exact) mass is 221 g/mol. The zero-order valence-electron chi connectivity index (χ0n) is 7.60. The Morgan fingerprint density at radius 2 is 2.29 bits per heavy atom. The topological polar surface area (TPSA) is 37.8 Å². The van der Waals surface area contributed by atoms with Crippen LogP contribution in [0, 0.1) is 0 Å². The molecule has 0 aliphatic heterocycles. The highest BCUT2D eigenvalue weighted by Crippen LogP contribution is 2.21. The Balaban J connectivity index is 2.58. The summed E-state index contributed by atoms with van der Waals surface area (Å²) >= 11 is 5.66. The van der Waals surface area contributed by atoms with Gasteiger partial charge in [0.2, 0.25) is 0 Å². The van der Waals surface area contributed by atoms with Crippen LogP contribution in [0.5, 0.6) is 0 Å². The number of halogens is 3. The lowest BCUT2D eigenvalue weighted by molar-refractivity contribution is 0.0115. The van der Waals surface area contributed by atoms with Crippen LogP contribution in [0.25, 0.3) is 0 Å². The van der Waals surface area contributed by atoms with E-state index in [0.717, 1.165) is 0 Å². The minimum absolute atomic E-state index is 0.220. The first-order valence-corrected chi connectivity index (χ1v) is 4.50. The van der Waals surface area contributed by atoms with Crippen LogP contribution in [0.1, 0.15) is 13.3 Å². The maximum atomic E-state index is 12.8. The first-order valence-electron chi connectivity index (χ1n) is 4.12. The van der Waals surface area contributed by atoms with Gasteiger partial charge in [-0.15, -0.1) is 0 Å². The van der Waals surface area contributed by atoms with E-state index in [1.165, 1.54) is 19.4 Å². The summed E-state index contributed by atoms with van der Waals surface area (Å²) in [5.74, 6) is -2.51. The van der Waals surface area contributed by atoms with E-state index in [1.54, 1.807) is 0 Å². The van der Waals surface area contributed by atoms with Gasteiger partial charge in [0.05, 0.1) is 12.7 Å². The van der Waals surface area contributed by atoms with Crippen molar-refractivity contribution in [1.82, 2.24) is 9.97 Å². The van der Waals surface area contributed by atoms with Crippen LogP contribution in [0.15, 0.2) is 12.5 Å². The molecule has 0 fully saturated rings. The van der Waals surface area contributed by atoms with Crippen LogP contribution in [0.2, 0.25) is 5.02 Å². The number of nitrogens with one attached hydrogen (secondary N) is 1. The van der Waals surface area contributed by atoms with Crippen molar-refractivity contribution in [3.63, 3.8) is 0 Å². The zero-order chi connectivity index (χ0) is 10.6. The fourth-order valence-corrected chi connectivity index (χ4v) is 0.953. The molecule has 0 aromatic carbocycles. The van der Waals surface area contributed by atoms with Gasteiger partial charge in [0.1, 0.15) is 17.2 Å². The van der Waals surface area contributed by atoms with Crippen LogP contribution in [0.3, 0.4) is 0 Å². The van der Waals surface area contributed by atoms with Crippen LogP contribution in [-0.2, 0) is 0 Å². The van der Waals surface area contributed by atoms with E-state index in [-0.39, 0.29) is 17.3 Å². The molecule has 0 saturated carbocycles. The van der Waals surface area contributed by atoms with Gasteiger partial charge in [-0.1, -0.05) is 18.5 Å². The third kappa shape index (κ3) is 3.06. The van der Waals surface area contributed by atoms with Crippen molar-refractivity contribution in [3.8, 4) is 0 Å². The van der Waals surface area contributed by atoms with E-state index in [4.69, 9.17) is 11.6 Å². The minimum atomic E-state index is -2.74. The molecule has 0 saturated heterocycles. The standard InChI is InChI=1S/C8H10ClF2N3/c1-2-8(10,11)4-13-7-6(9)3-12-5-14-7/h3,5H,2,4H2,1H3,(H,12,13,14). The third-order valence-corrected chi connectivity index (χ3v) is 1.98. The van der Waals surface area contributed by atoms with Gasteiger partial charge in [-0.25, -0.2) is 18.7 Å². The molecule has 78 valence electrons. The molecule has 0 atom stereocenters. The molecular weight excluding hydrogens is 212 g/mol. The van der Waals surface area contributed by atoms with Gasteiger partial charge in [0.25, 0.3) is 5.92 Å². The molecule has 0 aliphatic carbocycles. The highest BCUT2D eigenvalue weighted by Gasteiger charge is 2.25. The van der Waals surface area contributed by atoms with Gasteiger partial charge in [0, 0.05) is 6.42 Å². The molecule has 1 aromatic rings. The fourth-order valence-electron chi connectivity index (χ4n) is 0.781. The Morgan fingerprint density at radius 3 is 2.86 bits per heavy atom. The van der Waals surface area contributed by atoms with Crippen molar-refractivity contribution in [2.24, 2.45) is 0 Å². The number of anilines is 1. The maximum Gasteiger partial charge on any atom is 0.264 e. The van der Waals surface area contributed by atoms with E-state index in [0.29, 0.717) is 0 Å². The summed E-state index contributed by atoms with van der Waals surface area (Å²) in [6, 6.07) is 0. The van der Waals surface area contributed by atoms with Crippen LogP contribution < -0.4 is 5.32 Å². The molecule has 1 N–H and O–H groups in total. The second-order valence-corrected chi connectivity index (χ2v) is 3.19. The smallest absolute Gasteiger partial charge is 0.264 e. The lowest BCUT2D eigenvalue weighted by atomic mass is 10.2. The first-order chi connectivity index (χ1) is 6.55. The lowest BCUT2D eigenvalue weighted by Crippen LogP contribution is -2.26. The molecular formula is C8H10ClF2N3. The highest BCUT2D eigenvalue weighted by molar-refractivity contribution is 6.32. The number of hydrogen-bond acceptors (Lipinski definition) is 3. The molecule has 0 radical (unpaired) electrons. The van der Waals surface area contributed by atoms with Gasteiger partial charge in [-0.05, 0) is 0 Å². The van der Waals surface area contributed by atoms with Crippen molar-refractivity contribution >= 4 is 17.4 Å². The summed E-state index contributed by atoms with van der Waals surface area (Å²) in [5.41, 5.74) is 0. The quantitative estimate of drug-likeness (QED) is 0.849. The number of nitrogens with zero attached hydrogens (tertiary/aromatic N) is 2. The molecule has 0 bridgehead atoms. The second-order valence-electron chi connectivity index (χ2n) is 2.78. The molecule has 0 amide bonds. The molecule has 0 aliphatic rings. The largest absolute Gasteiger partial charge is 0.363 e. The number of aromatic nitrogens is 2. The summed E-state index contributed by atoms with van der Waals surface area (Å²) in [7, 11) is 0. The summed E-state index contributed by atoms with van der Waals surface area (Å²) in [4.78, 5) is 7.37. The zero-order valence-corrected chi connectivity index (χ0v) is 8.35. The van der Waals surface area contributed by atoms with E-state index < -0.39 is 12.5 Å². The van der Waals surface area contributed by atoms with Crippen molar-refractivity contribution in [1.29, 1.82) is 0 Å². The predicted octanol–water partition coefficient (Wildman–Crippen LogP) is 2.59. The average Bonchev–Trinajstić information content (AvgIpc) is 2.17. The third-order valence-electron chi connectivity index (χ3n) is 1.70. The molecule has 0 unspecified atom stereocenters. The molecule has 14 heavy (non-hydrogen) atoms. The fraction of sp³-hybridized carbons (Fsp3) is 0.500. The molecule has 0 spiro atoms. The predicted molar refractivity (Wildman–Crippen MR) is 50.8 cm³/mol. The van der Waals surface area contributed by atoms with E-state index in [9.17, 15) is 8.78 Å². The van der Waals surface area contributed by atoms with Gasteiger partial charge >= 0.3 is 0 Å². The minimum Gasteiger partial charge on any atom is -0.363 e. The van der Waals surface area contributed by atoms with Gasteiger partial charge < -0.3 is 5.32 Å². The Labute approximate surface area is 85.5 Å².